The van der Waals surface area contributed by atoms with E-state index in [9.17, 15) is 4.79 Å². The topological polar surface area (TPSA) is 50.1 Å². The van der Waals surface area contributed by atoms with Crippen LogP contribution in [-0.4, -0.2) is 53.5 Å². The molecule has 0 bridgehead atoms. The molecular formula is C19H22N4O2S. The van der Waals surface area contributed by atoms with Crippen LogP contribution >= 0.6 is 11.3 Å². The molecule has 1 aliphatic rings. The lowest BCUT2D eigenvalue weighted by molar-refractivity contribution is -0.129. The standard InChI is InChI=1S/C19H22N4O2S/c1-21(18(24)12-16-14-23-8-11-26-19(23)20-16)13-15-4-2-3-5-17(15)22-6-9-25-10-7-22/h2-5,8,11,14H,6-7,9-10,12-13H2,1H3. The summed E-state index contributed by atoms with van der Waals surface area (Å²) >= 11 is 1.58. The number of imidazole rings is 1. The maximum atomic E-state index is 12.6. The van der Waals surface area contributed by atoms with Crippen molar-refractivity contribution in [2.75, 3.05) is 38.3 Å². The summed E-state index contributed by atoms with van der Waals surface area (Å²) in [5.41, 5.74) is 3.17. The summed E-state index contributed by atoms with van der Waals surface area (Å²) in [5.74, 6) is 0.0764. The van der Waals surface area contributed by atoms with Gasteiger partial charge >= 0.3 is 0 Å². The van der Waals surface area contributed by atoms with Gasteiger partial charge in [0.1, 0.15) is 0 Å². The van der Waals surface area contributed by atoms with Gasteiger partial charge in [0, 0.05) is 50.1 Å². The molecule has 1 aromatic carbocycles. The number of morpholine rings is 1. The maximum absolute atomic E-state index is 12.6. The minimum absolute atomic E-state index is 0.0764. The number of ether oxygens (including phenoxy) is 1. The van der Waals surface area contributed by atoms with Crippen molar-refractivity contribution < 1.29 is 9.53 Å². The van der Waals surface area contributed by atoms with Gasteiger partial charge in [0.25, 0.3) is 0 Å². The number of para-hydroxylation sites is 1. The fraction of sp³-hybridized carbons (Fsp3) is 0.368. The van der Waals surface area contributed by atoms with Crippen LogP contribution in [0.15, 0.2) is 42.0 Å². The van der Waals surface area contributed by atoms with Crippen molar-refractivity contribution in [3.05, 3.63) is 53.3 Å². The van der Waals surface area contributed by atoms with E-state index in [1.54, 1.807) is 16.2 Å². The van der Waals surface area contributed by atoms with Crippen molar-refractivity contribution in [1.29, 1.82) is 0 Å². The first-order valence-electron chi connectivity index (χ1n) is 8.76. The minimum atomic E-state index is 0.0764. The predicted octanol–water partition coefficient (Wildman–Crippen LogP) is 2.43. The van der Waals surface area contributed by atoms with E-state index in [1.807, 2.05) is 41.4 Å². The Hall–Kier alpha value is -2.38. The Bertz CT molecular complexity index is 869. The Labute approximate surface area is 156 Å². The second kappa shape index (κ2) is 7.47. The lowest BCUT2D eigenvalue weighted by Crippen LogP contribution is -2.37. The van der Waals surface area contributed by atoms with Crippen LogP contribution in [-0.2, 0) is 22.5 Å². The van der Waals surface area contributed by atoms with Crippen LogP contribution in [0, 0.1) is 0 Å². The van der Waals surface area contributed by atoms with E-state index in [2.05, 4.69) is 22.0 Å². The monoisotopic (exact) mass is 370 g/mol. The number of benzene rings is 1. The zero-order valence-corrected chi connectivity index (χ0v) is 15.6. The average Bonchev–Trinajstić information content (AvgIpc) is 3.24. The number of thiazole rings is 1. The van der Waals surface area contributed by atoms with Crippen LogP contribution in [0.4, 0.5) is 5.69 Å². The number of hydrogen-bond donors (Lipinski definition) is 0. The molecule has 136 valence electrons. The van der Waals surface area contributed by atoms with Crippen LogP contribution in [0.1, 0.15) is 11.3 Å². The Kier molecular flexibility index (Phi) is 4.90. The maximum Gasteiger partial charge on any atom is 0.228 e. The van der Waals surface area contributed by atoms with Crippen molar-refractivity contribution in [1.82, 2.24) is 14.3 Å². The number of amides is 1. The number of likely N-dealkylation sites (N-methyl/N-ethyl adjacent to an activating group) is 1. The second-order valence-electron chi connectivity index (χ2n) is 6.48. The normalized spacial score (nSPS) is 14.7. The molecular weight excluding hydrogens is 348 g/mol. The number of carbonyl (C=O) groups excluding carboxylic acids is 1. The molecule has 1 saturated heterocycles. The number of anilines is 1. The SMILES string of the molecule is CN(Cc1ccccc1N1CCOCC1)C(=O)Cc1cn2ccsc2n1. The van der Waals surface area contributed by atoms with Crippen molar-refractivity contribution in [2.24, 2.45) is 0 Å². The molecule has 0 radical (unpaired) electrons. The highest BCUT2D eigenvalue weighted by atomic mass is 32.1. The first kappa shape index (κ1) is 17.1. The summed E-state index contributed by atoms with van der Waals surface area (Å²) in [6.45, 7) is 3.87. The van der Waals surface area contributed by atoms with Gasteiger partial charge in [0.05, 0.1) is 25.3 Å². The highest BCUT2D eigenvalue weighted by Crippen LogP contribution is 2.23. The van der Waals surface area contributed by atoms with Gasteiger partial charge in [-0.15, -0.1) is 11.3 Å². The molecule has 1 aliphatic heterocycles. The summed E-state index contributed by atoms with van der Waals surface area (Å²) in [5, 5.41) is 1.99. The lowest BCUT2D eigenvalue weighted by atomic mass is 10.1. The largest absolute Gasteiger partial charge is 0.378 e. The molecule has 0 N–H and O–H groups in total. The van der Waals surface area contributed by atoms with Crippen molar-refractivity contribution in [2.45, 2.75) is 13.0 Å². The zero-order chi connectivity index (χ0) is 17.9. The number of aromatic nitrogens is 2. The highest BCUT2D eigenvalue weighted by molar-refractivity contribution is 7.15. The molecule has 1 fully saturated rings. The Balaban J connectivity index is 1.44. The molecule has 0 atom stereocenters. The van der Waals surface area contributed by atoms with Gasteiger partial charge in [-0.3, -0.25) is 9.20 Å². The first-order valence-corrected chi connectivity index (χ1v) is 9.64. The highest BCUT2D eigenvalue weighted by Gasteiger charge is 2.18. The Morgan fingerprint density at radius 2 is 2.12 bits per heavy atom. The molecule has 3 heterocycles. The smallest absolute Gasteiger partial charge is 0.228 e. The van der Waals surface area contributed by atoms with E-state index in [-0.39, 0.29) is 5.91 Å². The van der Waals surface area contributed by atoms with Crippen LogP contribution < -0.4 is 4.90 Å². The molecule has 4 rings (SSSR count). The third kappa shape index (κ3) is 3.59. The number of fused-ring (bicyclic) bond motifs is 1. The molecule has 0 spiro atoms. The van der Waals surface area contributed by atoms with Crippen molar-refractivity contribution in [3.8, 4) is 0 Å². The van der Waals surface area contributed by atoms with E-state index in [4.69, 9.17) is 4.74 Å². The van der Waals surface area contributed by atoms with E-state index < -0.39 is 0 Å². The molecule has 2 aromatic heterocycles. The number of nitrogens with zero attached hydrogens (tertiary/aromatic N) is 4. The van der Waals surface area contributed by atoms with E-state index in [0.29, 0.717) is 13.0 Å². The van der Waals surface area contributed by atoms with Crippen molar-refractivity contribution in [3.63, 3.8) is 0 Å². The average molecular weight is 370 g/mol. The molecule has 1 amide bonds. The van der Waals surface area contributed by atoms with E-state index in [1.165, 1.54) is 5.69 Å². The molecule has 3 aromatic rings. The quantitative estimate of drug-likeness (QED) is 0.692. The summed E-state index contributed by atoms with van der Waals surface area (Å²) < 4.78 is 7.41. The van der Waals surface area contributed by atoms with Gasteiger partial charge in [0.15, 0.2) is 4.96 Å². The summed E-state index contributed by atoms with van der Waals surface area (Å²) in [7, 11) is 1.86. The molecule has 0 unspecified atom stereocenters. The molecule has 0 saturated carbocycles. The molecule has 6 nitrogen and oxygen atoms in total. The minimum Gasteiger partial charge on any atom is -0.378 e. The van der Waals surface area contributed by atoms with Crippen LogP contribution in [0.3, 0.4) is 0 Å². The van der Waals surface area contributed by atoms with Gasteiger partial charge in [-0.2, -0.15) is 0 Å². The van der Waals surface area contributed by atoms with E-state index in [0.717, 1.165) is 42.5 Å². The first-order chi connectivity index (χ1) is 12.7. The molecule has 7 heteroatoms. The Morgan fingerprint density at radius 1 is 1.31 bits per heavy atom. The Morgan fingerprint density at radius 3 is 2.92 bits per heavy atom. The zero-order valence-electron chi connectivity index (χ0n) is 14.8. The van der Waals surface area contributed by atoms with Gasteiger partial charge in [-0.05, 0) is 11.6 Å². The van der Waals surface area contributed by atoms with Gasteiger partial charge < -0.3 is 14.5 Å². The van der Waals surface area contributed by atoms with Gasteiger partial charge in [0.2, 0.25) is 5.91 Å². The van der Waals surface area contributed by atoms with Crippen LogP contribution in [0.5, 0.6) is 0 Å². The molecule has 26 heavy (non-hydrogen) atoms. The van der Waals surface area contributed by atoms with Crippen LogP contribution in [0.2, 0.25) is 0 Å². The van der Waals surface area contributed by atoms with E-state index >= 15 is 0 Å². The third-order valence-electron chi connectivity index (χ3n) is 4.65. The predicted molar refractivity (Wildman–Crippen MR) is 103 cm³/mol. The van der Waals surface area contributed by atoms with Crippen molar-refractivity contribution >= 4 is 27.9 Å². The van der Waals surface area contributed by atoms with Crippen LogP contribution in [0.25, 0.3) is 4.96 Å². The molecule has 0 aliphatic carbocycles. The number of hydrogen-bond acceptors (Lipinski definition) is 5. The number of carbonyl (C=O) groups is 1. The second-order valence-corrected chi connectivity index (χ2v) is 7.35. The fourth-order valence-electron chi connectivity index (χ4n) is 3.25. The lowest BCUT2D eigenvalue weighted by Gasteiger charge is -2.31. The summed E-state index contributed by atoms with van der Waals surface area (Å²) in [6.07, 6.45) is 4.22. The number of rotatable bonds is 5. The summed E-state index contributed by atoms with van der Waals surface area (Å²) in [4.78, 5) is 22.2. The fourth-order valence-corrected chi connectivity index (χ4v) is 3.97. The van der Waals surface area contributed by atoms with Gasteiger partial charge in [-0.25, -0.2) is 4.98 Å². The van der Waals surface area contributed by atoms with Gasteiger partial charge in [-0.1, -0.05) is 18.2 Å². The third-order valence-corrected chi connectivity index (χ3v) is 5.42. The summed E-state index contributed by atoms with van der Waals surface area (Å²) in [6, 6.07) is 8.30.